The molecule has 0 heterocycles. The molecule has 1 unspecified atom stereocenters. The molecule has 0 spiro atoms. The third-order valence-electron chi connectivity index (χ3n) is 2.71. The maximum Gasteiger partial charge on any atom is 0.219 e. The van der Waals surface area contributed by atoms with Gasteiger partial charge in [-0.1, -0.05) is 34.1 Å². The van der Waals surface area contributed by atoms with Gasteiger partial charge in [0, 0.05) is 30.0 Å². The molecule has 0 aliphatic heterocycles. The van der Waals surface area contributed by atoms with E-state index in [0.717, 1.165) is 16.6 Å². The molecule has 1 aromatic rings. The minimum atomic E-state index is -0.320. The van der Waals surface area contributed by atoms with E-state index < -0.39 is 0 Å². The first-order chi connectivity index (χ1) is 8.04. The first-order valence-electron chi connectivity index (χ1n) is 5.46. The molecule has 0 saturated carbocycles. The van der Waals surface area contributed by atoms with Gasteiger partial charge in [-0.2, -0.15) is 0 Å². The summed E-state index contributed by atoms with van der Waals surface area (Å²) in [5.41, 5.74) is 12.0. The molecule has 0 bridgehead atoms. The molecule has 5 heteroatoms. The van der Waals surface area contributed by atoms with Crippen LogP contribution in [0.5, 0.6) is 0 Å². The third kappa shape index (κ3) is 4.46. The summed E-state index contributed by atoms with van der Waals surface area (Å²) in [4.78, 5) is 13.0. The van der Waals surface area contributed by atoms with Crippen LogP contribution in [0.4, 0.5) is 0 Å². The second-order valence-corrected chi connectivity index (χ2v) is 4.92. The molecular formula is C12H18BrN3O. The van der Waals surface area contributed by atoms with Gasteiger partial charge in [0.2, 0.25) is 5.91 Å². The molecule has 0 aliphatic carbocycles. The molecule has 4 N–H and O–H groups in total. The largest absolute Gasteiger partial charge is 0.370 e. The van der Waals surface area contributed by atoms with E-state index in [4.69, 9.17) is 11.5 Å². The maximum atomic E-state index is 10.9. The normalized spacial score (nSPS) is 12.7. The van der Waals surface area contributed by atoms with E-state index in [1.54, 1.807) is 0 Å². The SMILES string of the molecule is CN(Cc1ccccc1Br)C(CN)CC(N)=O. The van der Waals surface area contributed by atoms with E-state index in [-0.39, 0.29) is 18.4 Å². The van der Waals surface area contributed by atoms with Crippen LogP contribution in [-0.2, 0) is 11.3 Å². The van der Waals surface area contributed by atoms with Crippen LogP contribution in [0, 0.1) is 0 Å². The summed E-state index contributed by atoms with van der Waals surface area (Å²) in [5.74, 6) is -0.320. The fraction of sp³-hybridized carbons (Fsp3) is 0.417. The predicted octanol–water partition coefficient (Wildman–Crippen LogP) is 1.08. The van der Waals surface area contributed by atoms with Gasteiger partial charge >= 0.3 is 0 Å². The Morgan fingerprint density at radius 3 is 2.65 bits per heavy atom. The van der Waals surface area contributed by atoms with Crippen molar-refractivity contribution >= 4 is 21.8 Å². The summed E-state index contributed by atoms with van der Waals surface area (Å²) in [5, 5.41) is 0. The van der Waals surface area contributed by atoms with E-state index in [9.17, 15) is 4.79 Å². The molecule has 0 saturated heterocycles. The number of nitrogens with zero attached hydrogens (tertiary/aromatic N) is 1. The summed E-state index contributed by atoms with van der Waals surface area (Å²) in [6.07, 6.45) is 0.289. The van der Waals surface area contributed by atoms with Crippen LogP contribution in [0.15, 0.2) is 28.7 Å². The van der Waals surface area contributed by atoms with Gasteiger partial charge in [-0.05, 0) is 18.7 Å². The van der Waals surface area contributed by atoms with E-state index >= 15 is 0 Å². The monoisotopic (exact) mass is 299 g/mol. The third-order valence-corrected chi connectivity index (χ3v) is 3.48. The topological polar surface area (TPSA) is 72.3 Å². The lowest BCUT2D eigenvalue weighted by atomic mass is 10.1. The summed E-state index contributed by atoms with van der Waals surface area (Å²) < 4.78 is 1.06. The minimum Gasteiger partial charge on any atom is -0.370 e. The summed E-state index contributed by atoms with van der Waals surface area (Å²) >= 11 is 3.50. The maximum absolute atomic E-state index is 10.9. The Labute approximate surface area is 110 Å². The quantitative estimate of drug-likeness (QED) is 0.826. The number of hydrogen-bond acceptors (Lipinski definition) is 3. The Kier molecular flexibility index (Phi) is 5.61. The molecule has 1 atom stereocenters. The number of carbonyl (C=O) groups is 1. The smallest absolute Gasteiger partial charge is 0.219 e. The van der Waals surface area contributed by atoms with Crippen molar-refractivity contribution in [2.75, 3.05) is 13.6 Å². The van der Waals surface area contributed by atoms with Gasteiger partial charge in [0.25, 0.3) is 0 Å². The van der Waals surface area contributed by atoms with Crippen molar-refractivity contribution < 1.29 is 4.79 Å². The van der Waals surface area contributed by atoms with Crippen LogP contribution >= 0.6 is 15.9 Å². The Bertz CT molecular complexity index is 384. The molecular weight excluding hydrogens is 282 g/mol. The second-order valence-electron chi connectivity index (χ2n) is 4.07. The van der Waals surface area contributed by atoms with Crippen molar-refractivity contribution in [3.63, 3.8) is 0 Å². The lowest BCUT2D eigenvalue weighted by molar-refractivity contribution is -0.119. The number of benzene rings is 1. The van der Waals surface area contributed by atoms with Gasteiger partial charge in [-0.3, -0.25) is 9.69 Å². The fourth-order valence-corrected chi connectivity index (χ4v) is 2.09. The van der Waals surface area contributed by atoms with Gasteiger partial charge in [-0.25, -0.2) is 0 Å². The zero-order valence-corrected chi connectivity index (χ0v) is 11.5. The van der Waals surface area contributed by atoms with Crippen LogP contribution in [0.25, 0.3) is 0 Å². The highest BCUT2D eigenvalue weighted by Gasteiger charge is 2.16. The van der Waals surface area contributed by atoms with Crippen LogP contribution in [0.2, 0.25) is 0 Å². The molecule has 0 aromatic heterocycles. The summed E-state index contributed by atoms with van der Waals surface area (Å²) in [6, 6.07) is 7.98. The van der Waals surface area contributed by atoms with E-state index in [0.29, 0.717) is 6.54 Å². The number of hydrogen-bond donors (Lipinski definition) is 2. The zero-order chi connectivity index (χ0) is 12.8. The minimum absolute atomic E-state index is 0.0143. The van der Waals surface area contributed by atoms with Crippen molar-refractivity contribution in [2.24, 2.45) is 11.5 Å². The Balaban J connectivity index is 2.67. The average molecular weight is 300 g/mol. The lowest BCUT2D eigenvalue weighted by Gasteiger charge is -2.26. The number of halogens is 1. The molecule has 17 heavy (non-hydrogen) atoms. The molecule has 0 fully saturated rings. The Morgan fingerprint density at radius 1 is 1.47 bits per heavy atom. The predicted molar refractivity (Wildman–Crippen MR) is 72.3 cm³/mol. The number of rotatable bonds is 6. The average Bonchev–Trinajstić information content (AvgIpc) is 2.28. The van der Waals surface area contributed by atoms with Crippen LogP contribution in [0.3, 0.4) is 0 Å². The highest BCUT2D eigenvalue weighted by Crippen LogP contribution is 2.18. The lowest BCUT2D eigenvalue weighted by Crippen LogP contribution is -2.40. The van der Waals surface area contributed by atoms with Crippen LogP contribution < -0.4 is 11.5 Å². The highest BCUT2D eigenvalue weighted by atomic mass is 79.9. The molecule has 94 valence electrons. The zero-order valence-electron chi connectivity index (χ0n) is 9.90. The van der Waals surface area contributed by atoms with Crippen molar-refractivity contribution in [3.8, 4) is 0 Å². The molecule has 1 aromatic carbocycles. The number of amides is 1. The van der Waals surface area contributed by atoms with Crippen molar-refractivity contribution in [1.29, 1.82) is 0 Å². The van der Waals surface area contributed by atoms with Gasteiger partial charge in [0.05, 0.1) is 0 Å². The van der Waals surface area contributed by atoms with Crippen LogP contribution in [-0.4, -0.2) is 30.4 Å². The van der Waals surface area contributed by atoms with Crippen molar-refractivity contribution in [3.05, 3.63) is 34.3 Å². The van der Waals surface area contributed by atoms with Gasteiger partial charge in [0.15, 0.2) is 0 Å². The van der Waals surface area contributed by atoms with E-state index in [1.807, 2.05) is 36.2 Å². The highest BCUT2D eigenvalue weighted by molar-refractivity contribution is 9.10. The molecule has 4 nitrogen and oxygen atoms in total. The Hall–Kier alpha value is -0.910. The van der Waals surface area contributed by atoms with E-state index in [2.05, 4.69) is 15.9 Å². The van der Waals surface area contributed by atoms with Gasteiger partial charge < -0.3 is 11.5 Å². The summed E-state index contributed by atoms with van der Waals surface area (Å²) in [7, 11) is 1.94. The van der Waals surface area contributed by atoms with Gasteiger partial charge in [0.1, 0.15) is 0 Å². The number of likely N-dealkylation sites (N-methyl/N-ethyl adjacent to an activating group) is 1. The summed E-state index contributed by atoms with van der Waals surface area (Å²) in [6.45, 7) is 1.15. The molecule has 0 aliphatic rings. The number of carbonyl (C=O) groups excluding carboxylic acids is 1. The standard InChI is InChI=1S/C12H18BrN3O/c1-16(10(7-14)6-12(15)17)8-9-4-2-3-5-11(9)13/h2-5,10H,6-8,14H2,1H3,(H2,15,17). The van der Waals surface area contributed by atoms with E-state index in [1.165, 1.54) is 0 Å². The van der Waals surface area contributed by atoms with Gasteiger partial charge in [-0.15, -0.1) is 0 Å². The van der Waals surface area contributed by atoms with Crippen molar-refractivity contribution in [2.45, 2.75) is 19.0 Å². The first-order valence-corrected chi connectivity index (χ1v) is 6.26. The molecule has 0 radical (unpaired) electrons. The number of primary amides is 1. The molecule has 1 rings (SSSR count). The molecule has 1 amide bonds. The van der Waals surface area contributed by atoms with Crippen LogP contribution in [0.1, 0.15) is 12.0 Å². The second kappa shape index (κ2) is 6.74. The fourth-order valence-electron chi connectivity index (χ4n) is 1.68. The van der Waals surface area contributed by atoms with Crippen molar-refractivity contribution in [1.82, 2.24) is 4.90 Å². The number of nitrogens with two attached hydrogens (primary N) is 2. The first kappa shape index (κ1) is 14.2. The Morgan fingerprint density at radius 2 is 2.12 bits per heavy atom.